The number of hydrogen-bond donors (Lipinski definition) is 2. The number of aryl methyl sites for hydroxylation is 1. The minimum atomic E-state index is -0.977. The molecule has 2 aromatic carbocycles. The van der Waals surface area contributed by atoms with Crippen molar-refractivity contribution in [2.24, 2.45) is 4.99 Å². The van der Waals surface area contributed by atoms with Crippen molar-refractivity contribution in [3.8, 4) is 0 Å². The van der Waals surface area contributed by atoms with Gasteiger partial charge in [0.25, 0.3) is 5.91 Å². The van der Waals surface area contributed by atoms with E-state index in [4.69, 9.17) is 5.11 Å². The Labute approximate surface area is 149 Å². The molecule has 0 bridgehead atoms. The van der Waals surface area contributed by atoms with Crippen LogP contribution in [-0.4, -0.2) is 22.2 Å². The van der Waals surface area contributed by atoms with E-state index in [2.05, 4.69) is 10.3 Å². The lowest BCUT2D eigenvalue weighted by Crippen LogP contribution is -2.19. The Morgan fingerprint density at radius 1 is 1.16 bits per heavy atom. The highest BCUT2D eigenvalue weighted by molar-refractivity contribution is 8.18. The fourth-order valence-corrected chi connectivity index (χ4v) is 3.15. The third kappa shape index (κ3) is 3.80. The van der Waals surface area contributed by atoms with E-state index >= 15 is 0 Å². The third-order valence-electron chi connectivity index (χ3n) is 3.90. The summed E-state index contributed by atoms with van der Waals surface area (Å²) in [5.74, 6) is -1.19. The molecule has 0 aliphatic carbocycles. The molecule has 1 saturated heterocycles. The fraction of sp³-hybridized carbons (Fsp3) is 0.105. The highest BCUT2D eigenvalue weighted by atomic mass is 32.2. The summed E-state index contributed by atoms with van der Waals surface area (Å²) in [6.45, 7) is 4.02. The first-order chi connectivity index (χ1) is 11.9. The van der Waals surface area contributed by atoms with Crippen LogP contribution in [0.15, 0.2) is 52.4 Å². The van der Waals surface area contributed by atoms with Gasteiger partial charge in [0.15, 0.2) is 5.17 Å². The highest BCUT2D eigenvalue weighted by Gasteiger charge is 2.24. The Morgan fingerprint density at radius 3 is 2.56 bits per heavy atom. The molecule has 0 unspecified atom stereocenters. The molecule has 0 radical (unpaired) electrons. The summed E-state index contributed by atoms with van der Waals surface area (Å²) in [4.78, 5) is 28.1. The molecule has 3 rings (SSSR count). The van der Waals surface area contributed by atoms with Gasteiger partial charge in [-0.1, -0.05) is 24.3 Å². The summed E-state index contributed by atoms with van der Waals surface area (Å²) in [5.41, 5.74) is 4.02. The molecule has 126 valence electrons. The number of carbonyl (C=O) groups excluding carboxylic acids is 1. The van der Waals surface area contributed by atoms with E-state index in [9.17, 15) is 9.59 Å². The summed E-state index contributed by atoms with van der Waals surface area (Å²) in [6.07, 6.45) is 1.72. The van der Waals surface area contributed by atoms with Crippen LogP contribution < -0.4 is 5.32 Å². The van der Waals surface area contributed by atoms with Crippen molar-refractivity contribution in [2.45, 2.75) is 13.8 Å². The minimum Gasteiger partial charge on any atom is -0.478 e. The summed E-state index contributed by atoms with van der Waals surface area (Å²) in [6, 6.07) is 12.2. The SMILES string of the molecule is Cc1cccc(N=C2NC(=O)C(=Cc3ccc(C(=O)O)cc3)S2)c1C. The molecule has 0 aromatic heterocycles. The standard InChI is InChI=1S/C19H16N2O3S/c1-11-4-3-5-15(12(11)2)20-19-21-17(22)16(25-19)10-13-6-8-14(9-7-13)18(23)24/h3-10H,1-2H3,(H,23,24)(H,20,21,22). The van der Waals surface area contributed by atoms with Gasteiger partial charge in [-0.05, 0) is 66.6 Å². The topological polar surface area (TPSA) is 78.8 Å². The molecule has 1 fully saturated rings. The maximum atomic E-state index is 12.1. The number of carboxylic acid groups (broad SMARTS) is 1. The number of rotatable bonds is 3. The molecule has 1 aliphatic heterocycles. The number of benzene rings is 2. The molecule has 1 amide bonds. The van der Waals surface area contributed by atoms with Crippen LogP contribution in [0, 0.1) is 13.8 Å². The monoisotopic (exact) mass is 352 g/mol. The van der Waals surface area contributed by atoms with Crippen molar-refractivity contribution in [3.63, 3.8) is 0 Å². The molecule has 0 spiro atoms. The van der Waals surface area contributed by atoms with Crippen LogP contribution in [0.4, 0.5) is 5.69 Å². The van der Waals surface area contributed by atoms with E-state index in [1.54, 1.807) is 18.2 Å². The number of thioether (sulfide) groups is 1. The van der Waals surface area contributed by atoms with Crippen LogP contribution in [0.2, 0.25) is 0 Å². The normalized spacial score (nSPS) is 17.1. The predicted octanol–water partition coefficient (Wildman–Crippen LogP) is 3.89. The number of amidine groups is 1. The lowest BCUT2D eigenvalue weighted by Gasteiger charge is -2.04. The van der Waals surface area contributed by atoms with E-state index in [-0.39, 0.29) is 11.5 Å². The summed E-state index contributed by atoms with van der Waals surface area (Å²) in [7, 11) is 0. The number of aromatic carboxylic acids is 1. The van der Waals surface area contributed by atoms with Gasteiger partial charge in [0.2, 0.25) is 0 Å². The zero-order valence-electron chi connectivity index (χ0n) is 13.7. The van der Waals surface area contributed by atoms with Crippen molar-refractivity contribution in [3.05, 3.63) is 69.6 Å². The molecule has 1 aliphatic rings. The molecule has 0 saturated carbocycles. The Morgan fingerprint density at radius 2 is 1.88 bits per heavy atom. The Hall–Kier alpha value is -2.86. The van der Waals surface area contributed by atoms with Crippen LogP contribution in [0.25, 0.3) is 6.08 Å². The predicted molar refractivity (Wildman–Crippen MR) is 100 cm³/mol. The van der Waals surface area contributed by atoms with Gasteiger partial charge in [0.1, 0.15) is 0 Å². The van der Waals surface area contributed by atoms with Crippen LogP contribution >= 0.6 is 11.8 Å². The Balaban J connectivity index is 1.83. The third-order valence-corrected chi connectivity index (χ3v) is 4.81. The van der Waals surface area contributed by atoms with Gasteiger partial charge in [-0.15, -0.1) is 0 Å². The number of carbonyl (C=O) groups is 2. The van der Waals surface area contributed by atoms with Gasteiger partial charge >= 0.3 is 5.97 Å². The molecule has 0 atom stereocenters. The van der Waals surface area contributed by atoms with E-state index < -0.39 is 5.97 Å². The van der Waals surface area contributed by atoms with Gasteiger partial charge in [-0.25, -0.2) is 9.79 Å². The van der Waals surface area contributed by atoms with Crippen molar-refractivity contribution < 1.29 is 14.7 Å². The molecule has 2 aromatic rings. The summed E-state index contributed by atoms with van der Waals surface area (Å²) >= 11 is 1.27. The lowest BCUT2D eigenvalue weighted by molar-refractivity contribution is -0.115. The average molecular weight is 352 g/mol. The second-order valence-corrected chi connectivity index (χ2v) is 6.66. The summed E-state index contributed by atoms with van der Waals surface area (Å²) in [5, 5.41) is 12.2. The van der Waals surface area contributed by atoms with Crippen molar-refractivity contribution in [1.29, 1.82) is 0 Å². The van der Waals surface area contributed by atoms with Crippen molar-refractivity contribution >= 4 is 40.6 Å². The first kappa shape index (κ1) is 17.0. The first-order valence-corrected chi connectivity index (χ1v) is 8.45. The van der Waals surface area contributed by atoms with Crippen LogP contribution in [0.5, 0.6) is 0 Å². The quantitative estimate of drug-likeness (QED) is 0.821. The number of nitrogens with zero attached hydrogens (tertiary/aromatic N) is 1. The number of hydrogen-bond acceptors (Lipinski definition) is 4. The van der Waals surface area contributed by atoms with Gasteiger partial charge in [0.05, 0.1) is 16.2 Å². The number of aliphatic imine (C=N–C) groups is 1. The highest BCUT2D eigenvalue weighted by Crippen LogP contribution is 2.29. The minimum absolute atomic E-state index is 0.211. The van der Waals surface area contributed by atoms with Gasteiger partial charge in [0, 0.05) is 0 Å². The summed E-state index contributed by atoms with van der Waals surface area (Å²) < 4.78 is 0. The number of carboxylic acids is 1. The van der Waals surface area contributed by atoms with E-state index in [1.807, 2.05) is 32.0 Å². The Bertz CT molecular complexity index is 915. The van der Waals surface area contributed by atoms with Crippen LogP contribution in [-0.2, 0) is 4.79 Å². The Kier molecular flexibility index (Phi) is 4.72. The average Bonchev–Trinajstić information content (AvgIpc) is 2.92. The van der Waals surface area contributed by atoms with Gasteiger partial charge < -0.3 is 10.4 Å². The molecule has 6 heteroatoms. The van der Waals surface area contributed by atoms with E-state index in [1.165, 1.54) is 23.9 Å². The first-order valence-electron chi connectivity index (χ1n) is 7.63. The zero-order valence-corrected chi connectivity index (χ0v) is 14.6. The van der Waals surface area contributed by atoms with E-state index in [0.29, 0.717) is 10.1 Å². The smallest absolute Gasteiger partial charge is 0.335 e. The van der Waals surface area contributed by atoms with Crippen LogP contribution in [0.1, 0.15) is 27.0 Å². The van der Waals surface area contributed by atoms with Crippen LogP contribution in [0.3, 0.4) is 0 Å². The second-order valence-electron chi connectivity index (χ2n) is 5.63. The van der Waals surface area contributed by atoms with Gasteiger partial charge in [-0.3, -0.25) is 4.79 Å². The fourth-order valence-electron chi connectivity index (χ4n) is 2.32. The lowest BCUT2D eigenvalue weighted by atomic mass is 10.1. The number of nitrogens with one attached hydrogen (secondary N) is 1. The maximum Gasteiger partial charge on any atom is 0.335 e. The molecule has 2 N–H and O–H groups in total. The largest absolute Gasteiger partial charge is 0.478 e. The van der Waals surface area contributed by atoms with Crippen molar-refractivity contribution in [2.75, 3.05) is 0 Å². The van der Waals surface area contributed by atoms with E-state index in [0.717, 1.165) is 22.4 Å². The van der Waals surface area contributed by atoms with Gasteiger partial charge in [-0.2, -0.15) is 0 Å². The molecular formula is C19H16N2O3S. The molecule has 1 heterocycles. The zero-order chi connectivity index (χ0) is 18.0. The van der Waals surface area contributed by atoms with Crippen molar-refractivity contribution in [1.82, 2.24) is 5.32 Å². The molecular weight excluding hydrogens is 336 g/mol. The maximum absolute atomic E-state index is 12.1. The second kappa shape index (κ2) is 6.94. The number of amides is 1. The molecule has 5 nitrogen and oxygen atoms in total. The molecule has 25 heavy (non-hydrogen) atoms.